The number of aryl methyl sites for hydroxylation is 1. The van der Waals surface area contributed by atoms with Crippen LogP contribution in [0.5, 0.6) is 17.4 Å². The lowest BCUT2D eigenvalue weighted by molar-refractivity contribution is 0.0951. The molecule has 0 aliphatic rings. The van der Waals surface area contributed by atoms with Crippen LogP contribution in [0.2, 0.25) is 0 Å². The van der Waals surface area contributed by atoms with E-state index in [1.807, 2.05) is 61.5 Å². The predicted molar refractivity (Wildman–Crippen MR) is 123 cm³/mol. The van der Waals surface area contributed by atoms with E-state index in [9.17, 15) is 4.79 Å². The molecular formula is C26H23N3O3. The second kappa shape index (κ2) is 9.75. The summed E-state index contributed by atoms with van der Waals surface area (Å²) in [5.74, 6) is 1.71. The number of carbonyl (C=O) groups excluding carboxylic acids is 1. The number of rotatable bonds is 7. The van der Waals surface area contributed by atoms with E-state index in [0.29, 0.717) is 29.4 Å². The van der Waals surface area contributed by atoms with E-state index >= 15 is 0 Å². The van der Waals surface area contributed by atoms with E-state index in [1.165, 1.54) is 11.9 Å². The van der Waals surface area contributed by atoms with Gasteiger partial charge in [0, 0.05) is 23.7 Å². The summed E-state index contributed by atoms with van der Waals surface area (Å²) >= 11 is 0. The van der Waals surface area contributed by atoms with Crippen molar-refractivity contribution in [2.45, 2.75) is 13.5 Å². The van der Waals surface area contributed by atoms with Gasteiger partial charge in [-0.15, -0.1) is 0 Å². The van der Waals surface area contributed by atoms with Crippen LogP contribution in [0.3, 0.4) is 0 Å². The van der Waals surface area contributed by atoms with Crippen LogP contribution in [0.15, 0.2) is 85.2 Å². The average molecular weight is 425 g/mol. The zero-order valence-electron chi connectivity index (χ0n) is 17.9. The fraction of sp³-hybridized carbons (Fsp3) is 0.115. The molecule has 160 valence electrons. The molecule has 0 spiro atoms. The highest BCUT2D eigenvalue weighted by Crippen LogP contribution is 2.25. The molecule has 0 fully saturated rings. The molecule has 4 aromatic rings. The highest BCUT2D eigenvalue weighted by molar-refractivity contribution is 5.94. The molecule has 1 N–H and O–H groups in total. The van der Waals surface area contributed by atoms with Crippen molar-refractivity contribution >= 4 is 5.91 Å². The molecule has 1 amide bonds. The van der Waals surface area contributed by atoms with Gasteiger partial charge in [0.2, 0.25) is 5.88 Å². The van der Waals surface area contributed by atoms with Crippen molar-refractivity contribution in [3.05, 3.63) is 102 Å². The van der Waals surface area contributed by atoms with Crippen LogP contribution in [-0.2, 0) is 6.54 Å². The molecule has 0 radical (unpaired) electrons. The number of amides is 1. The van der Waals surface area contributed by atoms with Crippen molar-refractivity contribution < 1.29 is 14.3 Å². The molecule has 6 heteroatoms. The molecule has 32 heavy (non-hydrogen) atoms. The quantitative estimate of drug-likeness (QED) is 0.441. The van der Waals surface area contributed by atoms with Crippen LogP contribution >= 0.6 is 0 Å². The molecule has 1 heterocycles. The van der Waals surface area contributed by atoms with E-state index in [4.69, 9.17) is 9.47 Å². The normalized spacial score (nSPS) is 10.4. The molecule has 6 nitrogen and oxygen atoms in total. The molecule has 4 rings (SSSR count). The summed E-state index contributed by atoms with van der Waals surface area (Å²) in [6, 6.07) is 24.4. The van der Waals surface area contributed by atoms with E-state index < -0.39 is 0 Å². The molecule has 0 unspecified atom stereocenters. The van der Waals surface area contributed by atoms with Gasteiger partial charge in [0.25, 0.3) is 5.91 Å². The number of ether oxygens (including phenoxy) is 2. The molecule has 0 aliphatic heterocycles. The minimum atomic E-state index is -0.121. The zero-order chi connectivity index (χ0) is 22.3. The Morgan fingerprint density at radius 1 is 0.906 bits per heavy atom. The van der Waals surface area contributed by atoms with Gasteiger partial charge in [0.1, 0.15) is 17.8 Å². The number of nitrogens with zero attached hydrogens (tertiary/aromatic N) is 2. The van der Waals surface area contributed by atoms with Gasteiger partial charge in [-0.1, -0.05) is 42.0 Å². The summed E-state index contributed by atoms with van der Waals surface area (Å²) in [4.78, 5) is 21.0. The summed E-state index contributed by atoms with van der Waals surface area (Å²) in [5.41, 5.74) is 4.39. The highest BCUT2D eigenvalue weighted by Gasteiger charge is 2.08. The van der Waals surface area contributed by atoms with E-state index in [1.54, 1.807) is 25.3 Å². The smallest absolute Gasteiger partial charge is 0.251 e. The van der Waals surface area contributed by atoms with Gasteiger partial charge in [-0.05, 0) is 48.9 Å². The molecule has 0 aliphatic carbocycles. The average Bonchev–Trinajstić information content (AvgIpc) is 2.83. The van der Waals surface area contributed by atoms with Gasteiger partial charge < -0.3 is 14.8 Å². The number of carbonyl (C=O) groups is 1. The van der Waals surface area contributed by atoms with Crippen LogP contribution in [-0.4, -0.2) is 23.0 Å². The number of hydrogen-bond acceptors (Lipinski definition) is 5. The van der Waals surface area contributed by atoms with Crippen molar-refractivity contribution in [2.24, 2.45) is 0 Å². The first-order valence-corrected chi connectivity index (χ1v) is 10.2. The Balaban J connectivity index is 1.41. The molecule has 1 aromatic heterocycles. The number of aromatic nitrogens is 2. The van der Waals surface area contributed by atoms with Gasteiger partial charge in [0.05, 0.1) is 12.8 Å². The molecular weight excluding hydrogens is 402 g/mol. The number of methoxy groups -OCH3 is 1. The fourth-order valence-electron chi connectivity index (χ4n) is 3.22. The van der Waals surface area contributed by atoms with Crippen LogP contribution in [0.1, 0.15) is 21.5 Å². The minimum absolute atomic E-state index is 0.121. The molecule has 0 saturated heterocycles. The van der Waals surface area contributed by atoms with E-state index in [-0.39, 0.29) is 5.91 Å². The lowest BCUT2D eigenvalue weighted by Crippen LogP contribution is -2.22. The predicted octanol–water partition coefficient (Wildman–Crippen LogP) is 5.18. The van der Waals surface area contributed by atoms with Gasteiger partial charge >= 0.3 is 0 Å². The number of nitrogens with one attached hydrogen (secondary N) is 1. The third kappa shape index (κ3) is 5.29. The lowest BCUT2D eigenvalue weighted by atomic mass is 10.1. The fourth-order valence-corrected chi connectivity index (χ4v) is 3.22. The Bertz CT molecular complexity index is 1210. The maximum absolute atomic E-state index is 12.5. The third-order valence-electron chi connectivity index (χ3n) is 4.90. The van der Waals surface area contributed by atoms with Crippen LogP contribution in [0.25, 0.3) is 11.3 Å². The van der Waals surface area contributed by atoms with Gasteiger partial charge in [0.15, 0.2) is 0 Å². The Labute approximate surface area is 186 Å². The third-order valence-corrected chi connectivity index (χ3v) is 4.90. The Morgan fingerprint density at radius 3 is 2.38 bits per heavy atom. The summed E-state index contributed by atoms with van der Waals surface area (Å²) < 4.78 is 11.0. The monoisotopic (exact) mass is 425 g/mol. The summed E-state index contributed by atoms with van der Waals surface area (Å²) in [6.45, 7) is 2.52. The molecule has 3 aromatic carbocycles. The van der Waals surface area contributed by atoms with Crippen molar-refractivity contribution in [1.29, 1.82) is 0 Å². The zero-order valence-corrected chi connectivity index (χ0v) is 17.9. The first kappa shape index (κ1) is 21.1. The Morgan fingerprint density at radius 2 is 1.66 bits per heavy atom. The highest BCUT2D eigenvalue weighted by atomic mass is 16.5. The maximum Gasteiger partial charge on any atom is 0.251 e. The van der Waals surface area contributed by atoms with Gasteiger partial charge in [-0.2, -0.15) is 0 Å². The van der Waals surface area contributed by atoms with Crippen LogP contribution < -0.4 is 14.8 Å². The van der Waals surface area contributed by atoms with Crippen LogP contribution in [0.4, 0.5) is 0 Å². The molecule has 0 atom stereocenters. The Kier molecular flexibility index (Phi) is 6.41. The molecule has 0 bridgehead atoms. The summed E-state index contributed by atoms with van der Waals surface area (Å²) in [5, 5.41) is 2.95. The summed E-state index contributed by atoms with van der Waals surface area (Å²) in [7, 11) is 1.62. The van der Waals surface area contributed by atoms with Crippen molar-refractivity contribution in [2.75, 3.05) is 7.11 Å². The largest absolute Gasteiger partial charge is 0.497 e. The summed E-state index contributed by atoms with van der Waals surface area (Å²) in [6.07, 6.45) is 1.46. The second-order valence-electron chi connectivity index (χ2n) is 7.27. The molecule has 0 saturated carbocycles. The van der Waals surface area contributed by atoms with Gasteiger partial charge in [-0.3, -0.25) is 4.79 Å². The topological polar surface area (TPSA) is 73.3 Å². The van der Waals surface area contributed by atoms with Crippen LogP contribution in [0, 0.1) is 6.92 Å². The van der Waals surface area contributed by atoms with Crippen molar-refractivity contribution in [1.82, 2.24) is 15.3 Å². The standard InChI is InChI=1S/C26H23N3O3/c1-18-4-3-5-19(14-18)16-27-26(30)21-8-6-20(7-9-21)24-15-25(29-17-28-24)32-23-12-10-22(31-2)11-13-23/h3-15,17H,16H2,1-2H3,(H,27,30). The maximum atomic E-state index is 12.5. The lowest BCUT2D eigenvalue weighted by Gasteiger charge is -2.08. The van der Waals surface area contributed by atoms with E-state index in [0.717, 1.165) is 16.9 Å². The van der Waals surface area contributed by atoms with Crippen molar-refractivity contribution in [3.8, 4) is 28.6 Å². The van der Waals surface area contributed by atoms with E-state index in [2.05, 4.69) is 21.4 Å². The van der Waals surface area contributed by atoms with Crippen molar-refractivity contribution in [3.63, 3.8) is 0 Å². The number of hydrogen-bond donors (Lipinski definition) is 1. The minimum Gasteiger partial charge on any atom is -0.497 e. The first-order chi connectivity index (χ1) is 15.6. The van der Waals surface area contributed by atoms with Gasteiger partial charge in [-0.25, -0.2) is 9.97 Å². The Hall–Kier alpha value is -4.19. The first-order valence-electron chi connectivity index (χ1n) is 10.2. The number of benzene rings is 3. The SMILES string of the molecule is COc1ccc(Oc2cc(-c3ccc(C(=O)NCc4cccc(C)c4)cc3)ncn2)cc1. The second-order valence-corrected chi connectivity index (χ2v) is 7.27.